The number of aromatic nitrogens is 4. The number of nitrogens with zero attached hydrogens (tertiary/aromatic N) is 3. The van der Waals surface area contributed by atoms with Gasteiger partial charge < -0.3 is 15.3 Å². The smallest absolute Gasteiger partial charge is 0.327 e. The molecule has 2 aromatic heterocycles. The maximum absolute atomic E-state index is 14.1. The molecule has 8 nitrogen and oxygen atoms in total. The topological polar surface area (TPSA) is 104 Å². The Kier molecular flexibility index (Phi) is 6.69. The monoisotopic (exact) mass is 494 g/mol. The maximum atomic E-state index is 14.1. The number of benzene rings is 2. The zero-order valence-corrected chi connectivity index (χ0v) is 20.3. The van der Waals surface area contributed by atoms with Crippen LogP contribution >= 0.6 is 0 Å². The molecule has 0 saturated heterocycles. The Morgan fingerprint density at radius 3 is 2.67 bits per heavy atom. The molecule has 0 atom stereocenters. The highest BCUT2D eigenvalue weighted by Crippen LogP contribution is 2.37. The van der Waals surface area contributed by atoms with Gasteiger partial charge in [0.15, 0.2) is 5.69 Å². The number of nitrogens with one attached hydrogen (secondary N) is 2. The van der Waals surface area contributed by atoms with Crippen LogP contribution in [-0.2, 0) is 5.92 Å². The first-order valence-corrected chi connectivity index (χ1v) is 11.3. The van der Waals surface area contributed by atoms with Crippen LogP contribution in [0.15, 0.2) is 55.0 Å². The highest BCUT2D eigenvalue weighted by atomic mass is 19.3. The summed E-state index contributed by atoms with van der Waals surface area (Å²) in [6, 6.07) is 10.8. The van der Waals surface area contributed by atoms with E-state index in [0.717, 1.165) is 10.3 Å². The molecule has 0 radical (unpaired) electrons. The van der Waals surface area contributed by atoms with E-state index in [1.807, 2.05) is 6.92 Å². The van der Waals surface area contributed by atoms with Crippen LogP contribution in [0.3, 0.4) is 0 Å². The average Bonchev–Trinajstić information content (AvgIpc) is 3.17. The number of H-pyrrole nitrogens is 1. The quantitative estimate of drug-likeness (QED) is 0.247. The van der Waals surface area contributed by atoms with Gasteiger partial charge in [-0.3, -0.25) is 4.79 Å². The minimum Gasteiger partial charge on any atom is -0.496 e. The van der Waals surface area contributed by atoms with Crippen molar-refractivity contribution >= 4 is 11.6 Å². The fraction of sp³-hybridized carbons (Fsp3) is 0.231. The Morgan fingerprint density at radius 1 is 1.22 bits per heavy atom. The number of hydrogen-bond donors (Lipinski definition) is 3. The molecule has 0 aliphatic rings. The number of rotatable bonds is 7. The number of aryl methyl sites for hydroxylation is 1. The predicted octanol–water partition coefficient (Wildman–Crippen LogP) is 5.04. The van der Waals surface area contributed by atoms with Crippen LogP contribution in [0.5, 0.6) is 5.75 Å². The number of halogens is 2. The molecule has 4 aromatic rings. The molecule has 2 heterocycles. The van der Waals surface area contributed by atoms with Crippen LogP contribution < -0.4 is 14.8 Å². The molecule has 0 spiro atoms. The fourth-order valence-corrected chi connectivity index (χ4v) is 4.10. The molecular formula is C26H26F2N5O3+. The number of amides is 1. The van der Waals surface area contributed by atoms with Crippen molar-refractivity contribution in [2.45, 2.75) is 33.1 Å². The number of aromatic amines is 1. The van der Waals surface area contributed by atoms with Crippen LogP contribution in [-0.4, -0.2) is 33.2 Å². The Morgan fingerprint density at radius 2 is 2.00 bits per heavy atom. The van der Waals surface area contributed by atoms with E-state index < -0.39 is 11.8 Å². The van der Waals surface area contributed by atoms with E-state index in [0.29, 0.717) is 28.3 Å². The maximum Gasteiger partial charge on any atom is 0.327 e. The van der Waals surface area contributed by atoms with Gasteiger partial charge in [-0.2, -0.15) is 0 Å². The van der Waals surface area contributed by atoms with Crippen molar-refractivity contribution in [3.63, 3.8) is 0 Å². The molecule has 186 valence electrons. The van der Waals surface area contributed by atoms with Crippen molar-refractivity contribution in [3.05, 3.63) is 77.5 Å². The van der Waals surface area contributed by atoms with Crippen LogP contribution in [0.25, 0.3) is 22.6 Å². The molecule has 1 amide bonds. The standard InChI is InChI=1S/C26H25F2N5O3/c1-5-26(27,28)17-7-6-8-18(13-17)32-25(34)23-16(3)31-24(33(23)35)19-9-10-21(36-4)22(15(19)2)20-11-12-29-14-30-20/h6-14,35H,5H2,1-4H3,(H,32,34)/p+1. The lowest BCUT2D eigenvalue weighted by atomic mass is 9.98. The zero-order chi connectivity index (χ0) is 26.0. The number of anilines is 1. The Balaban J connectivity index is 1.72. The van der Waals surface area contributed by atoms with Gasteiger partial charge in [0.1, 0.15) is 12.1 Å². The van der Waals surface area contributed by atoms with Gasteiger partial charge in [0.25, 0.3) is 11.6 Å². The number of alkyl halides is 2. The van der Waals surface area contributed by atoms with Gasteiger partial charge in [-0.1, -0.05) is 19.1 Å². The van der Waals surface area contributed by atoms with Crippen molar-refractivity contribution in [2.75, 3.05) is 12.4 Å². The number of carbonyl (C=O) groups is 1. The largest absolute Gasteiger partial charge is 0.496 e. The predicted molar refractivity (Wildman–Crippen MR) is 129 cm³/mol. The first-order valence-electron chi connectivity index (χ1n) is 11.3. The van der Waals surface area contributed by atoms with Gasteiger partial charge in [0.05, 0.1) is 18.4 Å². The Hall–Kier alpha value is -4.34. The molecule has 0 saturated carbocycles. The number of ether oxygens (including phenoxy) is 1. The molecule has 4 rings (SSSR count). The summed E-state index contributed by atoms with van der Waals surface area (Å²) in [5.41, 5.74) is 3.03. The van der Waals surface area contributed by atoms with Crippen LogP contribution in [0.1, 0.15) is 40.7 Å². The molecule has 36 heavy (non-hydrogen) atoms. The second kappa shape index (κ2) is 9.73. The lowest BCUT2D eigenvalue weighted by Crippen LogP contribution is -2.39. The van der Waals surface area contributed by atoms with Gasteiger partial charge in [0, 0.05) is 36.4 Å². The molecule has 0 aliphatic heterocycles. The van der Waals surface area contributed by atoms with Crippen molar-refractivity contribution in [3.8, 4) is 28.4 Å². The van der Waals surface area contributed by atoms with Crippen LogP contribution in [0, 0.1) is 13.8 Å². The molecule has 0 bridgehead atoms. The number of methoxy groups -OCH3 is 1. The second-order valence-electron chi connectivity index (χ2n) is 8.26. The number of carbonyl (C=O) groups excluding carboxylic acids is 1. The minimum absolute atomic E-state index is 0.0588. The van der Waals surface area contributed by atoms with E-state index in [2.05, 4.69) is 20.3 Å². The van der Waals surface area contributed by atoms with Crippen molar-refractivity contribution in [2.24, 2.45) is 0 Å². The molecule has 10 heteroatoms. The Bertz CT molecular complexity index is 1420. The summed E-state index contributed by atoms with van der Waals surface area (Å²) in [4.78, 5) is 24.4. The van der Waals surface area contributed by atoms with Crippen LogP contribution in [0.4, 0.5) is 14.5 Å². The highest BCUT2D eigenvalue weighted by Gasteiger charge is 2.32. The van der Waals surface area contributed by atoms with E-state index in [4.69, 9.17) is 4.74 Å². The average molecular weight is 495 g/mol. The normalized spacial score (nSPS) is 11.4. The fourth-order valence-electron chi connectivity index (χ4n) is 4.10. The third-order valence-electron chi connectivity index (χ3n) is 6.03. The first kappa shape index (κ1) is 24.8. The second-order valence-corrected chi connectivity index (χ2v) is 8.26. The summed E-state index contributed by atoms with van der Waals surface area (Å²) in [6.07, 6.45) is 2.69. The van der Waals surface area contributed by atoms with Crippen LogP contribution in [0.2, 0.25) is 0 Å². The summed E-state index contributed by atoms with van der Waals surface area (Å²) in [5.74, 6) is -2.82. The number of imidazole rings is 1. The van der Waals surface area contributed by atoms with Gasteiger partial charge in [-0.25, -0.2) is 23.7 Å². The zero-order valence-electron chi connectivity index (χ0n) is 20.3. The van der Waals surface area contributed by atoms with E-state index in [1.165, 1.54) is 37.5 Å². The highest BCUT2D eigenvalue weighted by molar-refractivity contribution is 6.02. The van der Waals surface area contributed by atoms with Gasteiger partial charge in [0.2, 0.25) is 0 Å². The van der Waals surface area contributed by atoms with Gasteiger partial charge in [-0.15, -0.1) is 0 Å². The lowest BCUT2D eigenvalue weighted by Gasteiger charge is -2.15. The summed E-state index contributed by atoms with van der Waals surface area (Å²) in [7, 11) is 1.55. The van der Waals surface area contributed by atoms with Crippen molar-refractivity contribution < 1.29 is 28.2 Å². The molecule has 0 fully saturated rings. The van der Waals surface area contributed by atoms with E-state index in [1.54, 1.807) is 38.4 Å². The number of hydrogen-bond acceptors (Lipinski definition) is 5. The Labute approximate surface area is 206 Å². The summed E-state index contributed by atoms with van der Waals surface area (Å²) in [5, 5.41) is 13.6. The summed E-state index contributed by atoms with van der Waals surface area (Å²) < 4.78 is 34.5. The lowest BCUT2D eigenvalue weighted by molar-refractivity contribution is -0.896. The first-order chi connectivity index (χ1) is 17.2. The summed E-state index contributed by atoms with van der Waals surface area (Å²) in [6.45, 7) is 4.88. The summed E-state index contributed by atoms with van der Waals surface area (Å²) >= 11 is 0. The van der Waals surface area contributed by atoms with E-state index >= 15 is 0 Å². The van der Waals surface area contributed by atoms with Gasteiger partial charge in [-0.05, 0) is 47.5 Å². The molecule has 0 unspecified atom stereocenters. The van der Waals surface area contributed by atoms with Crippen molar-refractivity contribution in [1.29, 1.82) is 0 Å². The molecular weight excluding hydrogens is 468 g/mol. The van der Waals surface area contributed by atoms with Gasteiger partial charge >= 0.3 is 11.7 Å². The minimum atomic E-state index is -3.01. The third kappa shape index (κ3) is 4.49. The molecule has 3 N–H and O–H groups in total. The van der Waals surface area contributed by atoms with Crippen molar-refractivity contribution in [1.82, 2.24) is 15.0 Å². The molecule has 0 aliphatic carbocycles. The SMILES string of the molecule is CCC(F)(F)c1cccc(NC(=O)c2c(C)[nH]c(-c3ccc(OC)c(-c4ccncn4)c3C)[n+]2O)c1. The third-order valence-corrected chi connectivity index (χ3v) is 6.03. The molecule has 2 aromatic carbocycles. The van der Waals surface area contributed by atoms with E-state index in [-0.39, 0.29) is 29.2 Å². The van der Waals surface area contributed by atoms with E-state index in [9.17, 15) is 18.8 Å².